The lowest BCUT2D eigenvalue weighted by Gasteiger charge is -2.22. The van der Waals surface area contributed by atoms with Crippen molar-refractivity contribution in [2.24, 2.45) is 5.73 Å². The van der Waals surface area contributed by atoms with Crippen molar-refractivity contribution in [2.45, 2.75) is 33.3 Å². The molecule has 138 valence electrons. The summed E-state index contributed by atoms with van der Waals surface area (Å²) in [5.74, 6) is 0.127. The molecule has 0 spiro atoms. The largest absolute Gasteiger partial charge is 0.374 e. The molecule has 1 aliphatic rings. The molecule has 0 radical (unpaired) electrons. The maximum atomic E-state index is 11.6. The molecular formula is C20H21N5O2. The van der Waals surface area contributed by atoms with Crippen LogP contribution in [0.4, 0.5) is 0 Å². The smallest absolute Gasteiger partial charge is 0.225 e. The van der Waals surface area contributed by atoms with Gasteiger partial charge < -0.3 is 10.5 Å². The van der Waals surface area contributed by atoms with Crippen LogP contribution in [0.25, 0.3) is 27.6 Å². The summed E-state index contributed by atoms with van der Waals surface area (Å²) >= 11 is 0. The topological polar surface area (TPSA) is 107 Å². The first-order valence-corrected chi connectivity index (χ1v) is 8.36. The molecule has 1 amide bonds. The summed E-state index contributed by atoms with van der Waals surface area (Å²) in [5.41, 5.74) is 9.27. The van der Waals surface area contributed by atoms with Gasteiger partial charge in [0.2, 0.25) is 5.91 Å². The molecule has 7 nitrogen and oxygen atoms in total. The van der Waals surface area contributed by atoms with Crippen molar-refractivity contribution in [3.63, 3.8) is 0 Å². The Morgan fingerprint density at radius 2 is 2.26 bits per heavy atom. The van der Waals surface area contributed by atoms with E-state index < -0.39 is 5.91 Å². The summed E-state index contributed by atoms with van der Waals surface area (Å²) < 4.78 is 7.58. The van der Waals surface area contributed by atoms with Gasteiger partial charge >= 0.3 is 0 Å². The van der Waals surface area contributed by atoms with Gasteiger partial charge in [-0.3, -0.25) is 14.3 Å². The van der Waals surface area contributed by atoms with Crippen LogP contribution in [0.2, 0.25) is 0 Å². The first kappa shape index (κ1) is 18.5. The number of fused-ring (bicyclic) bond motifs is 3. The monoisotopic (exact) mass is 363 g/mol. The Balaban J connectivity index is 0.00000210. The number of carbonyl (C=O) groups is 1. The first-order valence-electron chi connectivity index (χ1n) is 8.36. The highest BCUT2D eigenvalue weighted by molar-refractivity contribution is 6.04. The van der Waals surface area contributed by atoms with Gasteiger partial charge in [0.1, 0.15) is 11.3 Å². The predicted molar refractivity (Wildman–Crippen MR) is 104 cm³/mol. The van der Waals surface area contributed by atoms with Crippen LogP contribution in [0.5, 0.6) is 0 Å². The van der Waals surface area contributed by atoms with E-state index in [1.807, 2.05) is 23.6 Å². The first-order chi connectivity index (χ1) is 12.6. The van der Waals surface area contributed by atoms with Crippen LogP contribution >= 0.6 is 0 Å². The van der Waals surface area contributed by atoms with E-state index >= 15 is 0 Å². The summed E-state index contributed by atoms with van der Waals surface area (Å²) in [4.78, 5) is 20.6. The third kappa shape index (κ3) is 3.27. The van der Waals surface area contributed by atoms with Crippen LogP contribution in [-0.2, 0) is 16.0 Å². The van der Waals surface area contributed by atoms with E-state index in [0.717, 1.165) is 22.1 Å². The van der Waals surface area contributed by atoms with Gasteiger partial charge in [0.25, 0.3) is 0 Å². The van der Waals surface area contributed by atoms with E-state index in [0.29, 0.717) is 29.9 Å². The number of hydrogen-bond donors (Lipinski definition) is 1. The summed E-state index contributed by atoms with van der Waals surface area (Å²) in [6.07, 6.45) is 4.47. The maximum Gasteiger partial charge on any atom is 0.225 e. The van der Waals surface area contributed by atoms with Crippen molar-refractivity contribution in [1.29, 1.82) is 5.26 Å². The van der Waals surface area contributed by atoms with Gasteiger partial charge in [-0.15, -0.1) is 0 Å². The minimum atomic E-state index is -0.447. The van der Waals surface area contributed by atoms with Gasteiger partial charge in [-0.1, -0.05) is 7.43 Å². The minimum absolute atomic E-state index is 0. The molecule has 0 fully saturated rings. The maximum absolute atomic E-state index is 11.6. The highest BCUT2D eigenvalue weighted by Crippen LogP contribution is 2.31. The molecule has 3 heterocycles. The van der Waals surface area contributed by atoms with Gasteiger partial charge in [-0.25, -0.2) is 4.98 Å². The van der Waals surface area contributed by atoms with E-state index in [9.17, 15) is 10.1 Å². The molecule has 1 atom stereocenters. The molecule has 4 rings (SSSR count). The lowest BCUT2D eigenvalue weighted by molar-refractivity contribution is -0.117. The number of nitrogens with zero attached hydrogens (tertiary/aromatic N) is 4. The van der Waals surface area contributed by atoms with E-state index in [4.69, 9.17) is 10.5 Å². The van der Waals surface area contributed by atoms with Crippen LogP contribution in [0.1, 0.15) is 32.2 Å². The van der Waals surface area contributed by atoms with Crippen LogP contribution in [0.3, 0.4) is 0 Å². The number of benzene rings is 1. The van der Waals surface area contributed by atoms with Gasteiger partial charge in [-0.2, -0.15) is 5.26 Å². The number of imidazole rings is 1. The number of primary amides is 1. The van der Waals surface area contributed by atoms with E-state index in [2.05, 4.69) is 16.0 Å². The van der Waals surface area contributed by atoms with Crippen LogP contribution in [-0.4, -0.2) is 33.2 Å². The lowest BCUT2D eigenvalue weighted by Crippen LogP contribution is -2.21. The lowest BCUT2D eigenvalue weighted by atomic mass is 10.1. The molecule has 2 aromatic heterocycles. The normalized spacial score (nSPS) is 16.6. The molecule has 7 heteroatoms. The van der Waals surface area contributed by atoms with Gasteiger partial charge in [-0.05, 0) is 31.2 Å². The highest BCUT2D eigenvalue weighted by Gasteiger charge is 2.22. The molecule has 0 saturated carbocycles. The minimum Gasteiger partial charge on any atom is -0.374 e. The Morgan fingerprint density at radius 1 is 1.44 bits per heavy atom. The number of pyridine rings is 1. The summed E-state index contributed by atoms with van der Waals surface area (Å²) in [7, 11) is 0. The van der Waals surface area contributed by atoms with E-state index in [-0.39, 0.29) is 20.0 Å². The average Bonchev–Trinajstić information content (AvgIpc) is 2.98. The molecule has 1 unspecified atom stereocenters. The van der Waals surface area contributed by atoms with Crippen LogP contribution in [0, 0.1) is 11.3 Å². The van der Waals surface area contributed by atoms with Crippen molar-refractivity contribution in [1.82, 2.24) is 14.5 Å². The SMILES string of the molecule is C.CC1CC(n2c(CC(N)=O)nc3cnc4ccc(C#N)cc4c32)=CCO1. The Labute approximate surface area is 157 Å². The zero-order chi connectivity index (χ0) is 18.3. The zero-order valence-corrected chi connectivity index (χ0v) is 14.3. The third-order valence-corrected chi connectivity index (χ3v) is 4.50. The molecule has 0 saturated heterocycles. The Kier molecular flexibility index (Phi) is 4.93. The number of nitrogens with two attached hydrogens (primary N) is 1. The second-order valence-electron chi connectivity index (χ2n) is 6.39. The molecule has 1 aromatic carbocycles. The van der Waals surface area contributed by atoms with Gasteiger partial charge in [0.15, 0.2) is 0 Å². The molecule has 27 heavy (non-hydrogen) atoms. The zero-order valence-electron chi connectivity index (χ0n) is 14.3. The van der Waals surface area contributed by atoms with E-state index in [1.165, 1.54) is 0 Å². The number of carbonyl (C=O) groups excluding carboxylic acids is 1. The number of nitriles is 1. The number of amides is 1. The summed E-state index contributed by atoms with van der Waals surface area (Å²) in [6.45, 7) is 2.51. The van der Waals surface area contributed by atoms with Gasteiger partial charge in [0, 0.05) is 17.5 Å². The molecule has 1 aliphatic heterocycles. The van der Waals surface area contributed by atoms with Crippen molar-refractivity contribution in [3.8, 4) is 6.07 Å². The Hall–Kier alpha value is -3.24. The Morgan fingerprint density at radius 3 is 2.96 bits per heavy atom. The average molecular weight is 363 g/mol. The van der Waals surface area contributed by atoms with Crippen LogP contribution < -0.4 is 5.73 Å². The summed E-state index contributed by atoms with van der Waals surface area (Å²) in [5, 5.41) is 10.1. The molecule has 0 aliphatic carbocycles. The molecule has 2 N–H and O–H groups in total. The highest BCUT2D eigenvalue weighted by atomic mass is 16.5. The molecule has 0 bridgehead atoms. The third-order valence-electron chi connectivity index (χ3n) is 4.50. The van der Waals surface area contributed by atoms with Crippen molar-refractivity contribution in [2.75, 3.05) is 6.61 Å². The summed E-state index contributed by atoms with van der Waals surface area (Å²) in [6, 6.07) is 7.53. The fourth-order valence-corrected chi connectivity index (χ4v) is 3.38. The predicted octanol–water partition coefficient (Wildman–Crippen LogP) is 2.77. The van der Waals surface area contributed by atoms with Crippen molar-refractivity contribution < 1.29 is 9.53 Å². The second-order valence-corrected chi connectivity index (χ2v) is 6.39. The number of aromatic nitrogens is 3. The van der Waals surface area contributed by atoms with Gasteiger partial charge in [0.05, 0.1) is 48.0 Å². The molecule has 3 aromatic rings. The number of hydrogen-bond acceptors (Lipinski definition) is 5. The Bertz CT molecular complexity index is 1110. The number of ether oxygens (including phenoxy) is 1. The molecular weight excluding hydrogens is 342 g/mol. The fourth-order valence-electron chi connectivity index (χ4n) is 3.38. The second kappa shape index (κ2) is 7.17. The van der Waals surface area contributed by atoms with Crippen molar-refractivity contribution >= 4 is 33.5 Å². The standard InChI is InChI=1S/C19H17N5O2.CH4/c1-11-6-13(4-5-26-11)24-18(8-17(21)25)23-16-10-22-15-3-2-12(9-20)7-14(15)19(16)24;/h2-4,7,10-11H,5-6,8H2,1H3,(H2,21,25);1H4. The van der Waals surface area contributed by atoms with Crippen LogP contribution in [0.15, 0.2) is 30.5 Å². The fraction of sp³-hybridized carbons (Fsp3) is 0.300. The van der Waals surface area contributed by atoms with E-state index in [1.54, 1.807) is 18.3 Å². The number of rotatable bonds is 3. The van der Waals surface area contributed by atoms with Crippen molar-refractivity contribution in [3.05, 3.63) is 41.9 Å². The quantitative estimate of drug-likeness (QED) is 0.770.